The van der Waals surface area contributed by atoms with Gasteiger partial charge in [-0.1, -0.05) is 69.6 Å². The minimum Gasteiger partial charge on any atom is -0.453 e. The maximum Gasteiger partial charge on any atom is 0.407 e. The Labute approximate surface area is 354 Å². The van der Waals surface area contributed by atoms with Gasteiger partial charge in [-0.15, -0.1) is 0 Å². The van der Waals surface area contributed by atoms with Crippen molar-refractivity contribution >= 4 is 57.4 Å². The monoisotopic (exact) mass is 836 g/mol. The predicted octanol–water partition coefficient (Wildman–Crippen LogP) is 8.08. The van der Waals surface area contributed by atoms with E-state index in [9.17, 15) is 19.2 Å². The Bertz CT molecular complexity index is 2480. The fraction of sp³-hybridized carbons (Fsp3) is 0.467. The van der Waals surface area contributed by atoms with Crippen LogP contribution >= 0.6 is 11.6 Å². The zero-order valence-electron chi connectivity index (χ0n) is 35.1. The number of halogens is 1. The molecule has 2 saturated heterocycles. The third-order valence-electron chi connectivity index (χ3n) is 13.1. The molecule has 2 aliphatic heterocycles. The molecule has 14 nitrogen and oxygen atoms in total. The average molecular weight is 837 g/mol. The van der Waals surface area contributed by atoms with Crippen molar-refractivity contribution in [1.82, 2.24) is 40.4 Å². The molecule has 4 N–H and O–H groups in total. The number of amides is 4. The highest BCUT2D eigenvalue weighted by Gasteiger charge is 2.59. The first kappa shape index (κ1) is 41.1. The third-order valence-corrected chi connectivity index (χ3v) is 13.4. The molecule has 15 heteroatoms. The second-order valence-electron chi connectivity index (χ2n) is 17.3. The van der Waals surface area contributed by atoms with Crippen LogP contribution in [0.1, 0.15) is 84.4 Å². The number of methoxy groups -OCH3 is 2. The number of nitrogens with one attached hydrogen (secondary N) is 4. The van der Waals surface area contributed by atoms with E-state index in [0.29, 0.717) is 17.4 Å². The summed E-state index contributed by atoms with van der Waals surface area (Å²) in [6.07, 6.45) is 4.87. The number of nitrogens with zero attached hydrogens (tertiary/aromatic N) is 4. The molecule has 3 aromatic carbocycles. The Balaban J connectivity index is 1.04. The van der Waals surface area contributed by atoms with Gasteiger partial charge < -0.3 is 39.9 Å². The Kier molecular flexibility index (Phi) is 11.0. The van der Waals surface area contributed by atoms with Crippen molar-refractivity contribution in [1.29, 1.82) is 0 Å². The van der Waals surface area contributed by atoms with E-state index in [0.717, 1.165) is 82.1 Å². The fourth-order valence-corrected chi connectivity index (χ4v) is 10.1. The third kappa shape index (κ3) is 7.11. The van der Waals surface area contributed by atoms with Crippen LogP contribution in [0.5, 0.6) is 0 Å². The van der Waals surface area contributed by atoms with Gasteiger partial charge in [-0.2, -0.15) is 0 Å². The second-order valence-corrected chi connectivity index (χ2v) is 17.7. The number of likely N-dealkylation sites (tertiary alicyclic amines) is 2. The van der Waals surface area contributed by atoms with Gasteiger partial charge in [-0.3, -0.25) is 9.59 Å². The molecule has 8 rings (SSSR count). The average Bonchev–Trinajstić information content (AvgIpc) is 4.09. The molecular formula is C45H53ClN8O6. The molecular weight excluding hydrogens is 784 g/mol. The topological polar surface area (TPSA) is 175 Å². The Morgan fingerprint density at radius 2 is 1.55 bits per heavy atom. The number of aromatic nitrogens is 4. The Hall–Kier alpha value is -5.63. The van der Waals surface area contributed by atoms with Gasteiger partial charge in [0.1, 0.15) is 29.3 Å². The quantitative estimate of drug-likeness (QED) is 0.109. The maximum atomic E-state index is 14.3. The summed E-state index contributed by atoms with van der Waals surface area (Å²) in [6.45, 7) is 10.3. The first-order valence-electron chi connectivity index (χ1n) is 20.8. The van der Waals surface area contributed by atoms with Crippen LogP contribution in [-0.2, 0) is 24.6 Å². The Morgan fingerprint density at radius 3 is 2.23 bits per heavy atom. The summed E-state index contributed by atoms with van der Waals surface area (Å²) in [6, 6.07) is 14.7. The molecule has 1 saturated carbocycles. The standard InChI is InChI=1S/C45H53ClN8O6/c1-23(2)36(51-43(57)59-6)40(55)53-18-8-9-35(53)39-47-22-34(48-39)31-16-11-26(20-32(31)46)25-10-15-30-27(19-25)12-17-33-38(30)50-42(49-33)45(5)28-13-14-29(21-28)54(45)41(56)37(24(3)4)52-44(58)60-7/h10-12,15-17,19-20,22-24,28-29,35-37H,8-9,13-14,18,21H2,1-7H3,(H,47,48)(H,49,50)(H,51,57)(H,52,58)/t28-,29+,35-,36-,37-,45-/m0/s1. The summed E-state index contributed by atoms with van der Waals surface area (Å²) >= 11 is 6.97. The normalized spacial score (nSPS) is 22.2. The highest BCUT2D eigenvalue weighted by atomic mass is 35.5. The van der Waals surface area contributed by atoms with Gasteiger partial charge in [-0.05, 0) is 91.5 Å². The van der Waals surface area contributed by atoms with Crippen LogP contribution in [0.25, 0.3) is 44.2 Å². The molecule has 0 spiro atoms. The van der Waals surface area contributed by atoms with Crippen LogP contribution in [0.4, 0.5) is 9.59 Å². The van der Waals surface area contributed by atoms with Gasteiger partial charge in [0.05, 0.1) is 48.2 Å². The van der Waals surface area contributed by atoms with Crippen LogP contribution in [0, 0.1) is 17.8 Å². The van der Waals surface area contributed by atoms with Crippen LogP contribution < -0.4 is 10.6 Å². The van der Waals surface area contributed by atoms with Crippen molar-refractivity contribution in [3.8, 4) is 22.4 Å². The van der Waals surface area contributed by atoms with E-state index in [1.165, 1.54) is 14.2 Å². The number of fused-ring (bicyclic) bond motifs is 5. The van der Waals surface area contributed by atoms with E-state index in [1.54, 1.807) is 11.1 Å². The lowest BCUT2D eigenvalue weighted by molar-refractivity contribution is -0.144. The van der Waals surface area contributed by atoms with Crippen LogP contribution in [0.3, 0.4) is 0 Å². The van der Waals surface area contributed by atoms with Crippen molar-refractivity contribution < 1.29 is 28.7 Å². The van der Waals surface area contributed by atoms with Crippen molar-refractivity contribution in [3.05, 3.63) is 71.4 Å². The van der Waals surface area contributed by atoms with E-state index < -0.39 is 29.8 Å². The summed E-state index contributed by atoms with van der Waals surface area (Å²) in [5.74, 6) is 1.12. The van der Waals surface area contributed by atoms with Crippen LogP contribution in [-0.4, -0.2) is 92.6 Å². The number of H-pyrrole nitrogens is 2. The number of benzene rings is 3. The lowest BCUT2D eigenvalue weighted by Crippen LogP contribution is -2.59. The number of hydrogen-bond donors (Lipinski definition) is 4. The molecule has 0 unspecified atom stereocenters. The zero-order chi connectivity index (χ0) is 42.6. The van der Waals surface area contributed by atoms with Crippen LogP contribution in [0.15, 0.2) is 54.7 Å². The minimum absolute atomic E-state index is 0.0726. The largest absolute Gasteiger partial charge is 0.453 e. The molecule has 4 heterocycles. The molecule has 4 amide bonds. The van der Waals surface area contributed by atoms with Gasteiger partial charge in [-0.25, -0.2) is 19.6 Å². The number of imidazole rings is 2. The maximum absolute atomic E-state index is 14.3. The number of alkyl carbamates (subject to hydrolysis) is 2. The summed E-state index contributed by atoms with van der Waals surface area (Å²) < 4.78 is 9.63. The van der Waals surface area contributed by atoms with Gasteiger partial charge in [0, 0.05) is 23.5 Å². The van der Waals surface area contributed by atoms with E-state index in [4.69, 9.17) is 26.1 Å². The van der Waals surface area contributed by atoms with Crippen molar-refractivity contribution in [2.45, 2.75) is 96.4 Å². The summed E-state index contributed by atoms with van der Waals surface area (Å²) in [7, 11) is 2.59. The molecule has 6 atom stereocenters. The SMILES string of the molecule is COC(=O)N[C@H](C(=O)N1CCC[C@H]1c1ncc(-c2ccc(-c3ccc4c(ccc5[nH]c([C@]6(C)[C@H]7CC[C@H](C7)N6C(=O)[C@@H](NC(=O)OC)C(C)C)nc54)c3)cc2Cl)[nH]1)C(C)C. The van der Waals surface area contributed by atoms with E-state index in [-0.39, 0.29) is 41.7 Å². The highest BCUT2D eigenvalue weighted by molar-refractivity contribution is 6.33. The molecule has 1 aliphatic carbocycles. The molecule has 316 valence electrons. The fourth-order valence-electron chi connectivity index (χ4n) is 9.81. The number of carbonyl (C=O) groups excluding carboxylic acids is 4. The number of hydrogen-bond acceptors (Lipinski definition) is 8. The lowest BCUT2D eigenvalue weighted by Gasteiger charge is -2.45. The van der Waals surface area contributed by atoms with Gasteiger partial charge in [0.25, 0.3) is 0 Å². The lowest BCUT2D eigenvalue weighted by atomic mass is 9.83. The molecule has 5 aromatic rings. The molecule has 3 aliphatic rings. The first-order chi connectivity index (χ1) is 28.7. The molecule has 3 fully saturated rings. The summed E-state index contributed by atoms with van der Waals surface area (Å²) in [5.41, 5.74) is 4.53. The minimum atomic E-state index is -0.721. The number of ether oxygens (including phenoxy) is 2. The number of aromatic amines is 2. The van der Waals surface area contributed by atoms with Crippen molar-refractivity contribution in [2.24, 2.45) is 17.8 Å². The van der Waals surface area contributed by atoms with E-state index in [2.05, 4.69) is 56.8 Å². The smallest absolute Gasteiger partial charge is 0.407 e. The summed E-state index contributed by atoms with van der Waals surface area (Å²) in [4.78, 5) is 72.9. The summed E-state index contributed by atoms with van der Waals surface area (Å²) in [5, 5.41) is 8.03. The van der Waals surface area contributed by atoms with E-state index in [1.807, 2.05) is 56.9 Å². The van der Waals surface area contributed by atoms with Gasteiger partial charge in [0.2, 0.25) is 11.8 Å². The number of carbonyl (C=O) groups is 4. The molecule has 2 bridgehead atoms. The number of piperidine rings is 1. The molecule has 60 heavy (non-hydrogen) atoms. The zero-order valence-corrected chi connectivity index (χ0v) is 35.9. The predicted molar refractivity (Wildman–Crippen MR) is 229 cm³/mol. The van der Waals surface area contributed by atoms with Crippen molar-refractivity contribution in [3.63, 3.8) is 0 Å². The van der Waals surface area contributed by atoms with Crippen LogP contribution in [0.2, 0.25) is 5.02 Å². The first-order valence-corrected chi connectivity index (χ1v) is 21.2. The van der Waals surface area contributed by atoms with E-state index >= 15 is 0 Å². The molecule has 0 radical (unpaired) electrons. The highest BCUT2D eigenvalue weighted by Crippen LogP contribution is 2.54. The van der Waals surface area contributed by atoms with Crippen molar-refractivity contribution in [2.75, 3.05) is 20.8 Å². The molecule has 2 aromatic heterocycles. The second kappa shape index (κ2) is 16.1. The van der Waals surface area contributed by atoms with Gasteiger partial charge in [0.15, 0.2) is 0 Å². The number of rotatable bonds is 10. The van der Waals surface area contributed by atoms with Gasteiger partial charge >= 0.3 is 12.2 Å². The Morgan fingerprint density at radius 1 is 0.867 bits per heavy atom.